The van der Waals surface area contributed by atoms with Crippen molar-refractivity contribution in [2.75, 3.05) is 19.8 Å². The topological polar surface area (TPSA) is 106 Å². The predicted molar refractivity (Wildman–Crippen MR) is 116 cm³/mol. The Morgan fingerprint density at radius 1 is 1.15 bits per heavy atom. The number of carbonyl (C=O) groups is 1. The summed E-state index contributed by atoms with van der Waals surface area (Å²) in [5, 5.41) is 2.71. The largest absolute Gasteiger partial charge is 0.381 e. The first-order valence-corrected chi connectivity index (χ1v) is 11.8. The molecule has 2 aromatic heterocycles. The molecule has 2 aromatic rings. The van der Waals surface area contributed by atoms with Crippen LogP contribution in [0.4, 0.5) is 17.6 Å². The normalized spacial score (nSPS) is 26.8. The second-order valence-electron chi connectivity index (χ2n) is 9.98. The first kappa shape index (κ1) is 23.5. The lowest BCUT2D eigenvalue weighted by Gasteiger charge is -2.35. The van der Waals surface area contributed by atoms with Crippen LogP contribution in [0.25, 0.3) is 11.2 Å². The van der Waals surface area contributed by atoms with E-state index in [9.17, 15) is 22.4 Å². The lowest BCUT2D eigenvalue weighted by atomic mass is 9.76. The molecule has 3 aliphatic rings. The Hall–Kier alpha value is -2.27. The summed E-state index contributed by atoms with van der Waals surface area (Å²) in [7, 11) is 0. The Labute approximate surface area is 194 Å². The van der Waals surface area contributed by atoms with Gasteiger partial charge in [-0.25, -0.2) is 27.5 Å². The van der Waals surface area contributed by atoms with Crippen molar-refractivity contribution in [1.29, 1.82) is 0 Å². The molecule has 1 amide bonds. The highest BCUT2D eigenvalue weighted by atomic mass is 19.3. The monoisotopic (exact) mass is 483 g/mol. The number of H-pyrrole nitrogens is 1. The summed E-state index contributed by atoms with van der Waals surface area (Å²) in [5.74, 6) is -6.11. The molecule has 2 atom stereocenters. The number of fused-ring (bicyclic) bond motifs is 1. The molecule has 2 saturated carbocycles. The number of hydrogen-bond donors (Lipinski definition) is 3. The zero-order valence-corrected chi connectivity index (χ0v) is 18.8. The van der Waals surface area contributed by atoms with E-state index in [1.807, 2.05) is 0 Å². The predicted octanol–water partition coefficient (Wildman–Crippen LogP) is 3.60. The van der Waals surface area contributed by atoms with Crippen LogP contribution in [0.1, 0.15) is 62.5 Å². The molecule has 3 heterocycles. The van der Waals surface area contributed by atoms with Gasteiger partial charge >= 0.3 is 0 Å². The summed E-state index contributed by atoms with van der Waals surface area (Å²) >= 11 is 0. The minimum atomic E-state index is -2.70. The minimum absolute atomic E-state index is 0.0709. The number of alkyl halides is 4. The van der Waals surface area contributed by atoms with Crippen molar-refractivity contribution in [3.63, 3.8) is 0 Å². The van der Waals surface area contributed by atoms with Crippen LogP contribution >= 0.6 is 0 Å². The molecule has 11 heteroatoms. The summed E-state index contributed by atoms with van der Waals surface area (Å²) in [6, 6.07) is 3.00. The van der Waals surface area contributed by atoms with Crippen molar-refractivity contribution < 1.29 is 27.1 Å². The van der Waals surface area contributed by atoms with E-state index in [2.05, 4.69) is 20.3 Å². The molecule has 5 rings (SSSR count). The van der Waals surface area contributed by atoms with Crippen LogP contribution in [0.5, 0.6) is 0 Å². The van der Waals surface area contributed by atoms with Crippen LogP contribution in [0.3, 0.4) is 0 Å². The molecule has 34 heavy (non-hydrogen) atoms. The molecule has 1 aliphatic heterocycles. The van der Waals surface area contributed by atoms with Gasteiger partial charge in [0.2, 0.25) is 11.8 Å². The number of rotatable bonds is 6. The number of pyridine rings is 1. The van der Waals surface area contributed by atoms with Crippen LogP contribution < -0.4 is 11.1 Å². The van der Waals surface area contributed by atoms with E-state index in [0.717, 1.165) is 0 Å². The molecule has 0 spiro atoms. The van der Waals surface area contributed by atoms with Gasteiger partial charge in [-0.1, -0.05) is 0 Å². The maximum absolute atomic E-state index is 13.5. The average Bonchev–Trinajstić information content (AvgIpc) is 3.22. The van der Waals surface area contributed by atoms with Gasteiger partial charge in [-0.3, -0.25) is 4.79 Å². The van der Waals surface area contributed by atoms with E-state index in [-0.39, 0.29) is 37.6 Å². The molecule has 4 N–H and O–H groups in total. The number of imidazole rings is 1. The van der Waals surface area contributed by atoms with E-state index in [0.29, 0.717) is 61.6 Å². The van der Waals surface area contributed by atoms with Gasteiger partial charge in [0, 0.05) is 44.9 Å². The zero-order valence-electron chi connectivity index (χ0n) is 18.8. The number of amides is 1. The second-order valence-corrected chi connectivity index (χ2v) is 9.98. The van der Waals surface area contributed by atoms with Gasteiger partial charge in [0.05, 0.1) is 22.7 Å². The lowest BCUT2D eigenvalue weighted by molar-refractivity contribution is -0.130. The van der Waals surface area contributed by atoms with E-state index >= 15 is 0 Å². The fourth-order valence-electron chi connectivity index (χ4n) is 5.18. The third-order valence-electron chi connectivity index (χ3n) is 7.69. The number of nitrogens with one attached hydrogen (secondary N) is 2. The quantitative estimate of drug-likeness (QED) is 0.545. The van der Waals surface area contributed by atoms with Crippen LogP contribution in [-0.2, 0) is 14.9 Å². The molecule has 0 radical (unpaired) electrons. The number of aromatic nitrogens is 3. The highest BCUT2D eigenvalue weighted by Crippen LogP contribution is 2.48. The average molecular weight is 484 g/mol. The maximum atomic E-state index is 13.5. The van der Waals surface area contributed by atoms with Crippen LogP contribution in [0, 0.1) is 11.8 Å². The fourth-order valence-corrected chi connectivity index (χ4v) is 5.18. The highest BCUT2D eigenvalue weighted by molar-refractivity contribution is 5.88. The number of carbonyl (C=O) groups excluding carboxylic acids is 1. The van der Waals surface area contributed by atoms with Crippen LogP contribution in [-0.4, -0.2) is 52.5 Å². The van der Waals surface area contributed by atoms with Crippen molar-refractivity contribution in [1.82, 2.24) is 20.3 Å². The molecule has 3 fully saturated rings. The van der Waals surface area contributed by atoms with Gasteiger partial charge in [0.1, 0.15) is 5.82 Å². The summed E-state index contributed by atoms with van der Waals surface area (Å²) in [6.45, 7) is 0.643. The fraction of sp³-hybridized carbons (Fsp3) is 0.696. The van der Waals surface area contributed by atoms with Gasteiger partial charge in [0.15, 0.2) is 5.65 Å². The SMILES string of the molecule is NC(c1nc2nc(C3(C(=O)NCC4CC4(F)F)CCOCC3)ccc2[nH]1)C1CCC(F)(F)CC1. The molecule has 7 nitrogen and oxygen atoms in total. The second kappa shape index (κ2) is 8.44. The lowest BCUT2D eigenvalue weighted by Crippen LogP contribution is -2.49. The van der Waals surface area contributed by atoms with Gasteiger partial charge in [-0.05, 0) is 43.7 Å². The summed E-state index contributed by atoms with van der Waals surface area (Å²) in [5.41, 5.74) is 6.90. The summed E-state index contributed by atoms with van der Waals surface area (Å²) in [4.78, 5) is 25.5. The van der Waals surface area contributed by atoms with E-state index in [4.69, 9.17) is 10.5 Å². The Morgan fingerprint density at radius 3 is 2.47 bits per heavy atom. The van der Waals surface area contributed by atoms with Crippen molar-refractivity contribution in [3.05, 3.63) is 23.7 Å². The number of aromatic amines is 1. The highest BCUT2D eigenvalue weighted by Gasteiger charge is 2.57. The molecule has 0 aromatic carbocycles. The van der Waals surface area contributed by atoms with E-state index < -0.39 is 29.2 Å². The molecule has 1 saturated heterocycles. The smallest absolute Gasteiger partial charge is 0.253 e. The van der Waals surface area contributed by atoms with Crippen LogP contribution in [0.2, 0.25) is 0 Å². The Bertz CT molecular complexity index is 1060. The summed E-state index contributed by atoms with van der Waals surface area (Å²) in [6.07, 6.45) is 0.848. The molecule has 2 unspecified atom stereocenters. The Kier molecular flexibility index (Phi) is 5.83. The minimum Gasteiger partial charge on any atom is -0.381 e. The van der Waals surface area contributed by atoms with Crippen molar-refractivity contribution in [2.24, 2.45) is 17.6 Å². The zero-order chi connectivity index (χ0) is 24.1. The van der Waals surface area contributed by atoms with Crippen molar-refractivity contribution >= 4 is 17.1 Å². The number of ether oxygens (including phenoxy) is 1. The standard InChI is InChI=1S/C23H29F4N5O2/c24-22(25)5-3-13(4-6-22)17(28)19-30-15-1-2-16(31-18(15)32-19)21(7-9-34-10-8-21)20(33)29-12-14-11-23(14,26)27/h1-2,13-14,17H,3-12,28H2,(H,29,33)(H,30,31,32). The first-order chi connectivity index (χ1) is 16.1. The maximum Gasteiger partial charge on any atom is 0.253 e. The molecule has 0 bridgehead atoms. The van der Waals surface area contributed by atoms with Crippen molar-refractivity contribution in [2.45, 2.75) is 68.2 Å². The van der Waals surface area contributed by atoms with Gasteiger partial charge in [-0.15, -0.1) is 0 Å². The Morgan fingerprint density at radius 2 is 1.82 bits per heavy atom. The molecular weight excluding hydrogens is 454 g/mol. The number of nitrogens with two attached hydrogens (primary N) is 1. The third kappa shape index (κ3) is 4.39. The van der Waals surface area contributed by atoms with Crippen LogP contribution in [0.15, 0.2) is 12.1 Å². The summed E-state index contributed by atoms with van der Waals surface area (Å²) < 4.78 is 59.1. The number of halogens is 4. The van der Waals surface area contributed by atoms with Crippen molar-refractivity contribution in [3.8, 4) is 0 Å². The first-order valence-electron chi connectivity index (χ1n) is 11.8. The number of nitrogens with zero attached hydrogens (tertiary/aromatic N) is 2. The molecule has 2 aliphatic carbocycles. The molecular formula is C23H29F4N5O2. The van der Waals surface area contributed by atoms with Gasteiger partial charge < -0.3 is 20.8 Å². The van der Waals surface area contributed by atoms with Gasteiger partial charge in [0.25, 0.3) is 5.92 Å². The molecule has 186 valence electrons. The number of hydrogen-bond acceptors (Lipinski definition) is 5. The van der Waals surface area contributed by atoms with E-state index in [1.54, 1.807) is 12.1 Å². The van der Waals surface area contributed by atoms with Gasteiger partial charge in [-0.2, -0.15) is 0 Å². The Balaban J connectivity index is 1.36. The third-order valence-corrected chi connectivity index (χ3v) is 7.69. The van der Waals surface area contributed by atoms with E-state index in [1.165, 1.54) is 0 Å².